The minimum atomic E-state index is 0.529. The molecule has 2 N–H and O–H groups in total. The largest absolute Gasteiger partial charge is 0.329 e. The lowest BCUT2D eigenvalue weighted by Crippen LogP contribution is -2.32. The van der Waals surface area contributed by atoms with E-state index in [0.29, 0.717) is 18.5 Å². The number of nitrogens with two attached hydrogens (primary N) is 1. The lowest BCUT2D eigenvalue weighted by Gasteiger charge is -2.22. The van der Waals surface area contributed by atoms with Gasteiger partial charge in [0.05, 0.1) is 11.7 Å². The molecule has 110 valence electrons. The van der Waals surface area contributed by atoms with Crippen molar-refractivity contribution in [3.05, 3.63) is 18.0 Å². The van der Waals surface area contributed by atoms with E-state index in [4.69, 9.17) is 10.8 Å². The van der Waals surface area contributed by atoms with Gasteiger partial charge in [0.1, 0.15) is 0 Å². The van der Waals surface area contributed by atoms with Gasteiger partial charge in [-0.3, -0.25) is 9.58 Å². The molecule has 1 rings (SSSR count). The molecular formula is C15H30N4. The molecule has 0 saturated heterocycles. The Morgan fingerprint density at radius 3 is 2.53 bits per heavy atom. The van der Waals surface area contributed by atoms with E-state index < -0.39 is 0 Å². The van der Waals surface area contributed by atoms with Crippen molar-refractivity contribution in [1.82, 2.24) is 14.7 Å². The third kappa shape index (κ3) is 5.33. The van der Waals surface area contributed by atoms with E-state index in [9.17, 15) is 0 Å². The van der Waals surface area contributed by atoms with Crippen LogP contribution in [0, 0.1) is 5.92 Å². The molecular weight excluding hydrogens is 236 g/mol. The van der Waals surface area contributed by atoms with Crippen LogP contribution < -0.4 is 5.73 Å². The molecule has 1 aromatic rings. The van der Waals surface area contributed by atoms with Crippen LogP contribution in [-0.2, 0) is 6.54 Å². The van der Waals surface area contributed by atoms with Crippen LogP contribution in [-0.4, -0.2) is 34.3 Å². The summed E-state index contributed by atoms with van der Waals surface area (Å²) in [6.07, 6.45) is 4.38. The molecule has 19 heavy (non-hydrogen) atoms. The fourth-order valence-corrected chi connectivity index (χ4v) is 2.49. The van der Waals surface area contributed by atoms with Gasteiger partial charge < -0.3 is 5.73 Å². The molecule has 0 spiro atoms. The molecule has 0 atom stereocenters. The van der Waals surface area contributed by atoms with Gasteiger partial charge in [-0.1, -0.05) is 27.7 Å². The van der Waals surface area contributed by atoms with Crippen LogP contribution >= 0.6 is 0 Å². The Balaban J connectivity index is 2.64. The van der Waals surface area contributed by atoms with Crippen molar-refractivity contribution in [2.24, 2.45) is 11.7 Å². The first-order chi connectivity index (χ1) is 9.10. The Morgan fingerprint density at radius 2 is 2.00 bits per heavy atom. The van der Waals surface area contributed by atoms with Crippen LogP contribution in [0.4, 0.5) is 0 Å². The standard InChI is InChI=1S/C15H30N4/c1-5-15(6-2)19-9-7-14(17-19)12-18(10-8-16)11-13(3)4/h7,9,13,15H,5-6,8,10-12,16H2,1-4H3. The monoisotopic (exact) mass is 266 g/mol. The smallest absolute Gasteiger partial charge is 0.0764 e. The molecule has 0 amide bonds. The van der Waals surface area contributed by atoms with Crippen LogP contribution in [0.15, 0.2) is 12.3 Å². The number of rotatable bonds is 9. The SMILES string of the molecule is CCC(CC)n1ccc(CN(CCN)CC(C)C)n1. The summed E-state index contributed by atoms with van der Waals surface area (Å²) in [5.41, 5.74) is 6.84. The molecule has 1 aromatic heterocycles. The van der Waals surface area contributed by atoms with Crippen LogP contribution in [0.3, 0.4) is 0 Å². The van der Waals surface area contributed by atoms with Crippen LogP contribution in [0.25, 0.3) is 0 Å². The molecule has 0 unspecified atom stereocenters. The predicted octanol–water partition coefficient (Wildman–Crippen LogP) is 2.66. The second-order valence-electron chi connectivity index (χ2n) is 5.68. The summed E-state index contributed by atoms with van der Waals surface area (Å²) < 4.78 is 2.12. The van der Waals surface area contributed by atoms with Crippen molar-refractivity contribution < 1.29 is 0 Å². The third-order valence-electron chi connectivity index (χ3n) is 3.43. The minimum Gasteiger partial charge on any atom is -0.329 e. The van der Waals surface area contributed by atoms with Crippen molar-refractivity contribution in [3.63, 3.8) is 0 Å². The van der Waals surface area contributed by atoms with Crippen LogP contribution in [0.2, 0.25) is 0 Å². The minimum absolute atomic E-state index is 0.529. The maximum absolute atomic E-state index is 5.69. The van der Waals surface area contributed by atoms with Gasteiger partial charge in [-0.2, -0.15) is 5.10 Å². The number of hydrogen-bond donors (Lipinski definition) is 1. The zero-order valence-corrected chi connectivity index (χ0v) is 13.0. The molecule has 0 saturated carbocycles. The molecule has 0 radical (unpaired) electrons. The Hall–Kier alpha value is -0.870. The Morgan fingerprint density at radius 1 is 1.32 bits per heavy atom. The van der Waals surface area contributed by atoms with Gasteiger partial charge in [-0.25, -0.2) is 0 Å². The van der Waals surface area contributed by atoms with Gasteiger partial charge in [0.25, 0.3) is 0 Å². The van der Waals surface area contributed by atoms with E-state index >= 15 is 0 Å². The van der Waals surface area contributed by atoms with Gasteiger partial charge >= 0.3 is 0 Å². The van der Waals surface area contributed by atoms with Crippen LogP contribution in [0.1, 0.15) is 52.3 Å². The van der Waals surface area contributed by atoms with Crippen molar-refractivity contribution in [2.75, 3.05) is 19.6 Å². The summed E-state index contributed by atoms with van der Waals surface area (Å²) in [5, 5.41) is 4.72. The molecule has 4 heteroatoms. The predicted molar refractivity (Wildman–Crippen MR) is 81.0 cm³/mol. The second-order valence-corrected chi connectivity index (χ2v) is 5.68. The van der Waals surface area contributed by atoms with E-state index in [1.54, 1.807) is 0 Å². The molecule has 0 aliphatic heterocycles. The molecule has 0 fully saturated rings. The van der Waals surface area contributed by atoms with Crippen LogP contribution in [0.5, 0.6) is 0 Å². The molecule has 0 aromatic carbocycles. The van der Waals surface area contributed by atoms with Crippen molar-refractivity contribution in [3.8, 4) is 0 Å². The topological polar surface area (TPSA) is 47.1 Å². The fraction of sp³-hybridized carbons (Fsp3) is 0.800. The first kappa shape index (κ1) is 16.2. The molecule has 0 aliphatic rings. The van der Waals surface area contributed by atoms with Gasteiger partial charge in [0.15, 0.2) is 0 Å². The highest BCUT2D eigenvalue weighted by Crippen LogP contribution is 2.15. The van der Waals surface area contributed by atoms with Gasteiger partial charge in [-0.15, -0.1) is 0 Å². The summed E-state index contributed by atoms with van der Waals surface area (Å²) in [5.74, 6) is 0.660. The zero-order valence-electron chi connectivity index (χ0n) is 13.0. The first-order valence-electron chi connectivity index (χ1n) is 7.57. The number of nitrogens with zero attached hydrogens (tertiary/aromatic N) is 3. The second kappa shape index (κ2) is 8.33. The van der Waals surface area contributed by atoms with E-state index in [0.717, 1.165) is 38.2 Å². The van der Waals surface area contributed by atoms with E-state index in [2.05, 4.69) is 49.5 Å². The maximum Gasteiger partial charge on any atom is 0.0764 e. The maximum atomic E-state index is 5.69. The average Bonchev–Trinajstić information content (AvgIpc) is 2.78. The molecule has 0 aliphatic carbocycles. The average molecular weight is 266 g/mol. The lowest BCUT2D eigenvalue weighted by atomic mass is 10.2. The molecule has 4 nitrogen and oxygen atoms in total. The Kier molecular flexibility index (Phi) is 7.10. The van der Waals surface area contributed by atoms with Gasteiger partial charge in [0, 0.05) is 32.4 Å². The zero-order chi connectivity index (χ0) is 14.3. The van der Waals surface area contributed by atoms with Gasteiger partial charge in [-0.05, 0) is 24.8 Å². The summed E-state index contributed by atoms with van der Waals surface area (Å²) in [7, 11) is 0. The highest BCUT2D eigenvalue weighted by Gasteiger charge is 2.11. The first-order valence-corrected chi connectivity index (χ1v) is 7.57. The normalized spacial score (nSPS) is 12.0. The van der Waals surface area contributed by atoms with E-state index in [1.165, 1.54) is 0 Å². The van der Waals surface area contributed by atoms with Gasteiger partial charge in [0.2, 0.25) is 0 Å². The summed E-state index contributed by atoms with van der Waals surface area (Å²) in [6.45, 7) is 12.6. The quantitative estimate of drug-likeness (QED) is 0.747. The van der Waals surface area contributed by atoms with E-state index in [-0.39, 0.29) is 0 Å². The van der Waals surface area contributed by atoms with Crippen molar-refractivity contribution >= 4 is 0 Å². The summed E-state index contributed by atoms with van der Waals surface area (Å²) in [4.78, 5) is 2.39. The van der Waals surface area contributed by atoms with Crippen molar-refractivity contribution in [2.45, 2.75) is 53.1 Å². The Labute approximate surface area is 118 Å². The summed E-state index contributed by atoms with van der Waals surface area (Å²) in [6, 6.07) is 2.67. The number of hydrogen-bond acceptors (Lipinski definition) is 3. The van der Waals surface area contributed by atoms with Crippen molar-refractivity contribution in [1.29, 1.82) is 0 Å². The van der Waals surface area contributed by atoms with E-state index in [1.807, 2.05) is 0 Å². The lowest BCUT2D eigenvalue weighted by molar-refractivity contribution is 0.238. The number of aromatic nitrogens is 2. The fourth-order valence-electron chi connectivity index (χ4n) is 2.49. The molecule has 1 heterocycles. The summed E-state index contributed by atoms with van der Waals surface area (Å²) >= 11 is 0. The Bertz CT molecular complexity index is 342. The molecule has 0 bridgehead atoms. The highest BCUT2D eigenvalue weighted by atomic mass is 15.3. The third-order valence-corrected chi connectivity index (χ3v) is 3.43. The highest BCUT2D eigenvalue weighted by molar-refractivity contribution is 5.00.